The third kappa shape index (κ3) is 4.91. The summed E-state index contributed by atoms with van der Waals surface area (Å²) < 4.78 is 15.5. The van der Waals surface area contributed by atoms with Gasteiger partial charge < -0.3 is 10.2 Å². The van der Waals surface area contributed by atoms with Crippen molar-refractivity contribution in [3.8, 4) is 5.69 Å². The summed E-state index contributed by atoms with van der Waals surface area (Å²) in [6.45, 7) is 6.37. The van der Waals surface area contributed by atoms with E-state index in [0.29, 0.717) is 38.4 Å². The highest BCUT2D eigenvalue weighted by atomic mass is 19.1. The third-order valence-corrected chi connectivity index (χ3v) is 4.99. The topological polar surface area (TPSA) is 87.5 Å². The molecule has 1 N–H and O–H groups in total. The lowest BCUT2D eigenvalue weighted by Crippen LogP contribution is -2.52. The largest absolute Gasteiger partial charge is 0.355 e. The predicted molar refractivity (Wildman–Crippen MR) is 110 cm³/mol. The van der Waals surface area contributed by atoms with E-state index in [1.807, 2.05) is 11.8 Å². The van der Waals surface area contributed by atoms with E-state index in [-0.39, 0.29) is 23.8 Å². The maximum absolute atomic E-state index is 14.2. The number of carbonyl (C=O) groups excluding carboxylic acids is 2. The molecule has 1 aromatic carbocycles. The number of aromatic nitrogens is 2. The Morgan fingerprint density at radius 3 is 2.53 bits per heavy atom. The number of piperazine rings is 1. The molecule has 160 valence electrons. The SMILES string of the molecule is CCCNC(=O)CN1CCN(C(=O)c2nn(-c3ccccc3F)c(C)cc2=O)CC1. The fourth-order valence-corrected chi connectivity index (χ4v) is 3.35. The van der Waals surface area contributed by atoms with Crippen LogP contribution in [0.3, 0.4) is 0 Å². The minimum absolute atomic E-state index is 0.0374. The number of aryl methyl sites for hydroxylation is 1. The molecule has 0 saturated carbocycles. The molecule has 1 fully saturated rings. The summed E-state index contributed by atoms with van der Waals surface area (Å²) >= 11 is 0. The van der Waals surface area contributed by atoms with Gasteiger partial charge in [-0.1, -0.05) is 19.1 Å². The number of benzene rings is 1. The molecular weight excluding hydrogens is 389 g/mol. The second kappa shape index (κ2) is 9.62. The maximum atomic E-state index is 14.2. The molecule has 1 aliphatic rings. The summed E-state index contributed by atoms with van der Waals surface area (Å²) in [5.74, 6) is -1.02. The van der Waals surface area contributed by atoms with Gasteiger partial charge in [-0.2, -0.15) is 5.10 Å². The van der Waals surface area contributed by atoms with Crippen LogP contribution in [0.4, 0.5) is 4.39 Å². The van der Waals surface area contributed by atoms with E-state index in [4.69, 9.17) is 0 Å². The van der Waals surface area contributed by atoms with Gasteiger partial charge in [0, 0.05) is 44.5 Å². The highest BCUT2D eigenvalue weighted by molar-refractivity contribution is 5.92. The fourth-order valence-electron chi connectivity index (χ4n) is 3.35. The summed E-state index contributed by atoms with van der Waals surface area (Å²) in [4.78, 5) is 40.7. The van der Waals surface area contributed by atoms with Gasteiger partial charge in [0.05, 0.1) is 6.54 Å². The molecule has 30 heavy (non-hydrogen) atoms. The van der Waals surface area contributed by atoms with Gasteiger partial charge in [-0.25, -0.2) is 9.07 Å². The zero-order valence-corrected chi connectivity index (χ0v) is 17.2. The van der Waals surface area contributed by atoms with Crippen LogP contribution in [0, 0.1) is 12.7 Å². The molecule has 2 amide bonds. The van der Waals surface area contributed by atoms with Crippen LogP contribution < -0.4 is 10.7 Å². The number of para-hydroxylation sites is 1. The molecule has 1 aromatic heterocycles. The Kier molecular flexibility index (Phi) is 6.94. The van der Waals surface area contributed by atoms with Gasteiger partial charge in [0.2, 0.25) is 11.3 Å². The molecule has 0 aliphatic carbocycles. The molecule has 1 aliphatic heterocycles. The van der Waals surface area contributed by atoms with Gasteiger partial charge in [-0.15, -0.1) is 0 Å². The zero-order valence-electron chi connectivity index (χ0n) is 17.2. The average Bonchev–Trinajstić information content (AvgIpc) is 2.73. The number of rotatable bonds is 6. The lowest BCUT2D eigenvalue weighted by atomic mass is 10.2. The highest BCUT2D eigenvalue weighted by Gasteiger charge is 2.26. The van der Waals surface area contributed by atoms with E-state index < -0.39 is 17.2 Å². The normalized spacial score (nSPS) is 14.6. The Labute approximate surface area is 174 Å². The van der Waals surface area contributed by atoms with Gasteiger partial charge in [0.1, 0.15) is 11.5 Å². The first-order chi connectivity index (χ1) is 14.4. The second-order valence-corrected chi connectivity index (χ2v) is 7.28. The summed E-state index contributed by atoms with van der Waals surface area (Å²) in [5.41, 5.74) is -0.124. The molecule has 3 rings (SSSR count). The fraction of sp³-hybridized carbons (Fsp3) is 0.429. The number of halogens is 1. The third-order valence-electron chi connectivity index (χ3n) is 4.99. The molecular formula is C21H26FN5O3. The Balaban J connectivity index is 1.72. The minimum atomic E-state index is -0.495. The molecule has 0 atom stereocenters. The van der Waals surface area contributed by atoms with Crippen LogP contribution in [0.15, 0.2) is 35.1 Å². The number of nitrogens with zero attached hydrogens (tertiary/aromatic N) is 4. The van der Waals surface area contributed by atoms with Gasteiger partial charge in [0.25, 0.3) is 5.91 Å². The van der Waals surface area contributed by atoms with Crippen molar-refractivity contribution in [2.75, 3.05) is 39.3 Å². The van der Waals surface area contributed by atoms with E-state index in [1.165, 1.54) is 22.9 Å². The van der Waals surface area contributed by atoms with Crippen LogP contribution in [0.25, 0.3) is 5.69 Å². The van der Waals surface area contributed by atoms with Crippen LogP contribution in [0.5, 0.6) is 0 Å². The molecule has 0 spiro atoms. The Bertz CT molecular complexity index is 983. The van der Waals surface area contributed by atoms with Crippen molar-refractivity contribution in [2.45, 2.75) is 20.3 Å². The lowest BCUT2D eigenvalue weighted by Gasteiger charge is -2.34. The predicted octanol–water partition coefficient (Wildman–Crippen LogP) is 0.964. The Morgan fingerprint density at radius 1 is 1.17 bits per heavy atom. The minimum Gasteiger partial charge on any atom is -0.355 e. The van der Waals surface area contributed by atoms with E-state index in [2.05, 4.69) is 10.4 Å². The van der Waals surface area contributed by atoms with E-state index in [0.717, 1.165) is 6.42 Å². The molecule has 2 aromatic rings. The second-order valence-electron chi connectivity index (χ2n) is 7.28. The first-order valence-corrected chi connectivity index (χ1v) is 10.0. The van der Waals surface area contributed by atoms with Crippen LogP contribution >= 0.6 is 0 Å². The monoisotopic (exact) mass is 415 g/mol. The van der Waals surface area contributed by atoms with E-state index >= 15 is 0 Å². The highest BCUT2D eigenvalue weighted by Crippen LogP contribution is 2.14. The molecule has 8 nitrogen and oxygen atoms in total. The average molecular weight is 415 g/mol. The maximum Gasteiger partial charge on any atom is 0.278 e. The van der Waals surface area contributed by atoms with Crippen molar-refractivity contribution in [2.24, 2.45) is 0 Å². The smallest absolute Gasteiger partial charge is 0.278 e. The van der Waals surface area contributed by atoms with Crippen molar-refractivity contribution >= 4 is 11.8 Å². The van der Waals surface area contributed by atoms with Crippen LogP contribution in [-0.2, 0) is 4.79 Å². The van der Waals surface area contributed by atoms with Crippen LogP contribution in [0.2, 0.25) is 0 Å². The van der Waals surface area contributed by atoms with Gasteiger partial charge in [0.15, 0.2) is 5.69 Å². The molecule has 0 radical (unpaired) electrons. The summed E-state index contributed by atoms with van der Waals surface area (Å²) in [7, 11) is 0. The molecule has 9 heteroatoms. The Morgan fingerprint density at radius 2 is 1.87 bits per heavy atom. The molecule has 0 unspecified atom stereocenters. The van der Waals surface area contributed by atoms with Gasteiger partial charge in [-0.05, 0) is 25.5 Å². The number of nitrogens with one attached hydrogen (secondary N) is 1. The van der Waals surface area contributed by atoms with Crippen LogP contribution in [-0.4, -0.2) is 70.7 Å². The molecule has 0 bridgehead atoms. The van der Waals surface area contributed by atoms with E-state index in [1.54, 1.807) is 24.0 Å². The first kappa shape index (κ1) is 21.6. The molecule has 1 saturated heterocycles. The summed E-state index contributed by atoms with van der Waals surface area (Å²) in [6, 6.07) is 7.35. The number of amides is 2. The Hall–Kier alpha value is -3.07. The van der Waals surface area contributed by atoms with Crippen molar-refractivity contribution < 1.29 is 14.0 Å². The molecule has 2 heterocycles. The van der Waals surface area contributed by atoms with Gasteiger partial charge >= 0.3 is 0 Å². The standard InChI is InChI=1S/C21H26FN5O3/c1-3-8-23-19(29)14-25-9-11-26(12-10-25)21(30)20-18(28)13-15(2)27(24-20)17-7-5-4-6-16(17)22/h4-7,13H,3,8-12,14H2,1-2H3,(H,23,29). The number of hydrogen-bond acceptors (Lipinski definition) is 5. The van der Waals surface area contributed by atoms with Gasteiger partial charge in [-0.3, -0.25) is 19.3 Å². The van der Waals surface area contributed by atoms with E-state index in [9.17, 15) is 18.8 Å². The van der Waals surface area contributed by atoms with Crippen molar-refractivity contribution in [1.29, 1.82) is 0 Å². The zero-order chi connectivity index (χ0) is 21.7. The van der Waals surface area contributed by atoms with Crippen molar-refractivity contribution in [3.05, 3.63) is 57.8 Å². The number of hydrogen-bond donors (Lipinski definition) is 1. The quantitative estimate of drug-likeness (QED) is 0.760. The lowest BCUT2D eigenvalue weighted by molar-refractivity contribution is -0.122. The summed E-state index contributed by atoms with van der Waals surface area (Å²) in [5, 5.41) is 7.01. The first-order valence-electron chi connectivity index (χ1n) is 10.0. The van der Waals surface area contributed by atoms with Crippen molar-refractivity contribution in [1.82, 2.24) is 24.9 Å². The van der Waals surface area contributed by atoms with Crippen molar-refractivity contribution in [3.63, 3.8) is 0 Å². The van der Waals surface area contributed by atoms with Crippen LogP contribution in [0.1, 0.15) is 29.5 Å². The summed E-state index contributed by atoms with van der Waals surface area (Å²) in [6.07, 6.45) is 0.877. The number of carbonyl (C=O) groups is 2.